The molecule has 0 aliphatic heterocycles. The summed E-state index contributed by atoms with van der Waals surface area (Å²) < 4.78 is 2.03. The Balaban J connectivity index is 2.14. The number of nitrogens with one attached hydrogen (secondary N) is 1. The van der Waals surface area contributed by atoms with Gasteiger partial charge in [-0.05, 0) is 31.7 Å². The number of rotatable bonds is 5. The molecule has 3 unspecified atom stereocenters. The molecule has 2 rings (SSSR count). The van der Waals surface area contributed by atoms with E-state index in [2.05, 4.69) is 29.5 Å². The molecule has 1 saturated carbocycles. The van der Waals surface area contributed by atoms with Gasteiger partial charge in [0.1, 0.15) is 0 Å². The lowest BCUT2D eigenvalue weighted by Gasteiger charge is -2.16. The van der Waals surface area contributed by atoms with Crippen LogP contribution in [0.2, 0.25) is 0 Å². The predicted octanol–water partition coefficient (Wildman–Crippen LogP) is 1.60. The van der Waals surface area contributed by atoms with E-state index in [1.54, 1.807) is 0 Å². The van der Waals surface area contributed by atoms with Crippen molar-refractivity contribution in [2.75, 3.05) is 7.05 Å². The zero-order valence-electron chi connectivity index (χ0n) is 9.77. The minimum Gasteiger partial charge on any atom is -0.311 e. The largest absolute Gasteiger partial charge is 0.311 e. The third kappa shape index (κ3) is 2.04. The monoisotopic (exact) mass is 208 g/mol. The van der Waals surface area contributed by atoms with Crippen molar-refractivity contribution in [1.82, 2.24) is 20.3 Å². The summed E-state index contributed by atoms with van der Waals surface area (Å²) in [5.74, 6) is 1.61. The van der Waals surface area contributed by atoms with Gasteiger partial charge in [-0.25, -0.2) is 4.68 Å². The molecular formula is C11H20N4. The van der Waals surface area contributed by atoms with Crippen molar-refractivity contribution in [1.29, 1.82) is 0 Å². The van der Waals surface area contributed by atoms with Crippen molar-refractivity contribution >= 4 is 0 Å². The Morgan fingerprint density at radius 1 is 1.67 bits per heavy atom. The molecule has 15 heavy (non-hydrogen) atoms. The Bertz CT molecular complexity index is 320. The molecule has 1 aliphatic rings. The number of nitrogens with zero attached hydrogens (tertiary/aromatic N) is 3. The van der Waals surface area contributed by atoms with Crippen LogP contribution in [0, 0.1) is 11.8 Å². The molecule has 0 radical (unpaired) electrons. The highest BCUT2D eigenvalue weighted by molar-refractivity contribution is 5.09. The van der Waals surface area contributed by atoms with Crippen molar-refractivity contribution in [3.05, 3.63) is 11.9 Å². The third-order valence-corrected chi connectivity index (χ3v) is 3.31. The van der Waals surface area contributed by atoms with Gasteiger partial charge in [-0.2, -0.15) is 0 Å². The summed E-state index contributed by atoms with van der Waals surface area (Å²) in [6, 6.07) is 0.432. The Morgan fingerprint density at radius 2 is 2.40 bits per heavy atom. The molecule has 0 amide bonds. The van der Waals surface area contributed by atoms with Gasteiger partial charge in [-0.1, -0.05) is 19.1 Å². The van der Waals surface area contributed by atoms with E-state index in [9.17, 15) is 0 Å². The van der Waals surface area contributed by atoms with Gasteiger partial charge in [0.15, 0.2) is 0 Å². The molecule has 0 spiro atoms. The second kappa shape index (κ2) is 4.31. The van der Waals surface area contributed by atoms with Gasteiger partial charge in [0.25, 0.3) is 0 Å². The van der Waals surface area contributed by atoms with Crippen LogP contribution in [-0.4, -0.2) is 22.0 Å². The zero-order chi connectivity index (χ0) is 10.8. The lowest BCUT2D eigenvalue weighted by atomic mass is 10.1. The highest BCUT2D eigenvalue weighted by Crippen LogP contribution is 2.46. The summed E-state index contributed by atoms with van der Waals surface area (Å²) in [6.07, 6.45) is 4.33. The van der Waals surface area contributed by atoms with E-state index in [0.717, 1.165) is 24.8 Å². The molecule has 1 aliphatic carbocycles. The minimum atomic E-state index is 0.432. The standard InChI is InChI=1S/C11H20N4/c1-4-5-15-10(7-13-14-15)11(12-3)9-6-8(9)2/h7-9,11-12H,4-6H2,1-3H3. The summed E-state index contributed by atoms with van der Waals surface area (Å²) in [7, 11) is 2.03. The van der Waals surface area contributed by atoms with E-state index in [0.29, 0.717) is 6.04 Å². The van der Waals surface area contributed by atoms with Crippen LogP contribution in [0.5, 0.6) is 0 Å². The van der Waals surface area contributed by atoms with E-state index >= 15 is 0 Å². The van der Waals surface area contributed by atoms with E-state index in [1.165, 1.54) is 12.1 Å². The first kappa shape index (κ1) is 10.6. The third-order valence-electron chi connectivity index (χ3n) is 3.31. The topological polar surface area (TPSA) is 42.7 Å². The highest BCUT2D eigenvalue weighted by Gasteiger charge is 2.40. The molecule has 1 aromatic heterocycles. The Hall–Kier alpha value is -0.900. The quantitative estimate of drug-likeness (QED) is 0.799. The molecular weight excluding hydrogens is 188 g/mol. The maximum absolute atomic E-state index is 4.14. The van der Waals surface area contributed by atoms with E-state index < -0.39 is 0 Å². The molecule has 0 aromatic carbocycles. The van der Waals surface area contributed by atoms with Crippen molar-refractivity contribution in [2.45, 2.75) is 39.3 Å². The fourth-order valence-electron chi connectivity index (χ4n) is 2.29. The van der Waals surface area contributed by atoms with Crippen LogP contribution in [0.4, 0.5) is 0 Å². The number of hydrogen-bond acceptors (Lipinski definition) is 3. The molecule has 0 bridgehead atoms. The lowest BCUT2D eigenvalue weighted by Crippen LogP contribution is -2.22. The van der Waals surface area contributed by atoms with Gasteiger partial charge in [-0.3, -0.25) is 0 Å². The second-order valence-corrected chi connectivity index (χ2v) is 4.53. The van der Waals surface area contributed by atoms with Gasteiger partial charge in [0, 0.05) is 6.54 Å². The van der Waals surface area contributed by atoms with Crippen LogP contribution in [0.15, 0.2) is 6.20 Å². The fourth-order valence-corrected chi connectivity index (χ4v) is 2.29. The molecule has 1 N–H and O–H groups in total. The Kier molecular flexibility index (Phi) is 3.05. The molecule has 1 aromatic rings. The smallest absolute Gasteiger partial charge is 0.0759 e. The first-order chi connectivity index (χ1) is 7.27. The van der Waals surface area contributed by atoms with Gasteiger partial charge in [-0.15, -0.1) is 5.10 Å². The summed E-state index contributed by atoms with van der Waals surface area (Å²) in [6.45, 7) is 5.44. The Morgan fingerprint density at radius 3 is 2.93 bits per heavy atom. The maximum Gasteiger partial charge on any atom is 0.0759 e. The van der Waals surface area contributed by atoms with Gasteiger partial charge in [0.05, 0.1) is 17.9 Å². The van der Waals surface area contributed by atoms with Crippen LogP contribution in [0.25, 0.3) is 0 Å². The Labute approximate surface area is 91.1 Å². The molecule has 84 valence electrons. The minimum absolute atomic E-state index is 0.432. The van der Waals surface area contributed by atoms with Crippen LogP contribution in [0.3, 0.4) is 0 Å². The highest BCUT2D eigenvalue weighted by atomic mass is 15.4. The average molecular weight is 208 g/mol. The summed E-state index contributed by atoms with van der Waals surface area (Å²) in [5.41, 5.74) is 1.24. The average Bonchev–Trinajstić information content (AvgIpc) is 2.76. The van der Waals surface area contributed by atoms with Crippen molar-refractivity contribution in [3.63, 3.8) is 0 Å². The molecule has 0 saturated heterocycles. The van der Waals surface area contributed by atoms with Crippen LogP contribution in [-0.2, 0) is 6.54 Å². The second-order valence-electron chi connectivity index (χ2n) is 4.53. The van der Waals surface area contributed by atoms with Crippen molar-refractivity contribution in [3.8, 4) is 0 Å². The lowest BCUT2D eigenvalue weighted by molar-refractivity contribution is 0.445. The summed E-state index contributed by atoms with van der Waals surface area (Å²) >= 11 is 0. The van der Waals surface area contributed by atoms with Gasteiger partial charge >= 0.3 is 0 Å². The van der Waals surface area contributed by atoms with Crippen LogP contribution < -0.4 is 5.32 Å². The van der Waals surface area contributed by atoms with E-state index in [1.807, 2.05) is 17.9 Å². The molecule has 4 heteroatoms. The fraction of sp³-hybridized carbons (Fsp3) is 0.818. The maximum atomic E-state index is 4.14. The SMILES string of the molecule is CCCn1nncc1C(NC)C1CC1C. The molecule has 3 atom stereocenters. The molecule has 1 heterocycles. The number of aromatic nitrogens is 3. The molecule has 1 fully saturated rings. The normalized spacial score (nSPS) is 26.6. The number of aryl methyl sites for hydroxylation is 1. The summed E-state index contributed by atoms with van der Waals surface area (Å²) in [5, 5.41) is 11.5. The first-order valence-corrected chi connectivity index (χ1v) is 5.83. The van der Waals surface area contributed by atoms with Crippen molar-refractivity contribution < 1.29 is 0 Å². The van der Waals surface area contributed by atoms with E-state index in [4.69, 9.17) is 0 Å². The van der Waals surface area contributed by atoms with Crippen LogP contribution in [0.1, 0.15) is 38.4 Å². The van der Waals surface area contributed by atoms with Crippen molar-refractivity contribution in [2.24, 2.45) is 11.8 Å². The predicted molar refractivity (Wildman–Crippen MR) is 59.4 cm³/mol. The first-order valence-electron chi connectivity index (χ1n) is 5.83. The molecule has 4 nitrogen and oxygen atoms in total. The number of hydrogen-bond donors (Lipinski definition) is 1. The van der Waals surface area contributed by atoms with Gasteiger partial charge < -0.3 is 5.32 Å². The van der Waals surface area contributed by atoms with Crippen LogP contribution >= 0.6 is 0 Å². The zero-order valence-corrected chi connectivity index (χ0v) is 9.77. The van der Waals surface area contributed by atoms with Gasteiger partial charge in [0.2, 0.25) is 0 Å². The summed E-state index contributed by atoms with van der Waals surface area (Å²) in [4.78, 5) is 0. The van der Waals surface area contributed by atoms with E-state index in [-0.39, 0.29) is 0 Å².